The Kier molecular flexibility index (Phi) is 3.82. The Balaban J connectivity index is 2.33. The molecule has 0 bridgehead atoms. The molecule has 2 rings (SSSR count). The summed E-state index contributed by atoms with van der Waals surface area (Å²) in [7, 11) is 0. The number of aromatic amines is 1. The van der Waals surface area contributed by atoms with E-state index in [1.165, 1.54) is 12.5 Å². The third-order valence-electron chi connectivity index (χ3n) is 2.41. The summed E-state index contributed by atoms with van der Waals surface area (Å²) >= 11 is 5.77. The van der Waals surface area contributed by atoms with Crippen LogP contribution in [-0.4, -0.2) is 33.5 Å². The average Bonchev–Trinajstić information content (AvgIpc) is 2.90. The first-order valence-corrected chi connectivity index (χ1v) is 5.73. The monoisotopic (exact) mass is 279 g/mol. The molecule has 7 heteroatoms. The van der Waals surface area contributed by atoms with Crippen LogP contribution >= 0.6 is 11.6 Å². The quantitative estimate of drug-likeness (QED) is 0.893. The van der Waals surface area contributed by atoms with Crippen molar-refractivity contribution < 1.29 is 14.7 Å². The van der Waals surface area contributed by atoms with Crippen molar-refractivity contribution in [3.8, 4) is 0 Å². The van der Waals surface area contributed by atoms with Crippen molar-refractivity contribution in [2.24, 2.45) is 0 Å². The highest BCUT2D eigenvalue weighted by Crippen LogP contribution is 2.19. The van der Waals surface area contributed by atoms with Gasteiger partial charge in [-0.05, 0) is 24.3 Å². The first-order chi connectivity index (χ1) is 9.08. The van der Waals surface area contributed by atoms with Gasteiger partial charge in [0.25, 0.3) is 5.91 Å². The number of carboxylic acids is 1. The molecule has 0 aliphatic rings. The Morgan fingerprint density at radius 2 is 2.00 bits per heavy atom. The van der Waals surface area contributed by atoms with E-state index in [0.29, 0.717) is 10.7 Å². The van der Waals surface area contributed by atoms with Gasteiger partial charge in [0, 0.05) is 10.7 Å². The van der Waals surface area contributed by atoms with Crippen LogP contribution in [0.1, 0.15) is 10.5 Å². The molecule has 1 aromatic carbocycles. The normalized spacial score (nSPS) is 10.2. The number of rotatable bonds is 4. The Bertz CT molecular complexity index is 581. The zero-order valence-electron chi connectivity index (χ0n) is 9.71. The van der Waals surface area contributed by atoms with Gasteiger partial charge in [-0.15, -0.1) is 0 Å². The van der Waals surface area contributed by atoms with Gasteiger partial charge in [0.1, 0.15) is 12.2 Å². The number of anilines is 1. The number of imidazole rings is 1. The number of hydrogen-bond donors (Lipinski definition) is 2. The third-order valence-corrected chi connectivity index (χ3v) is 2.66. The fraction of sp³-hybridized carbons (Fsp3) is 0.0833. The average molecular weight is 280 g/mol. The lowest BCUT2D eigenvalue weighted by Gasteiger charge is -2.20. The van der Waals surface area contributed by atoms with Crippen LogP contribution in [0.25, 0.3) is 0 Å². The zero-order valence-corrected chi connectivity index (χ0v) is 10.5. The predicted molar refractivity (Wildman–Crippen MR) is 69.4 cm³/mol. The van der Waals surface area contributed by atoms with Crippen molar-refractivity contribution in [2.75, 3.05) is 11.4 Å². The Morgan fingerprint density at radius 1 is 1.32 bits per heavy atom. The molecule has 19 heavy (non-hydrogen) atoms. The highest BCUT2D eigenvalue weighted by molar-refractivity contribution is 6.30. The van der Waals surface area contributed by atoms with Crippen molar-refractivity contribution >= 4 is 29.2 Å². The van der Waals surface area contributed by atoms with Crippen LogP contribution in [0.4, 0.5) is 5.69 Å². The molecular weight excluding hydrogens is 270 g/mol. The maximum Gasteiger partial charge on any atom is 0.323 e. The lowest BCUT2D eigenvalue weighted by Crippen LogP contribution is -2.35. The Morgan fingerprint density at radius 3 is 2.53 bits per heavy atom. The number of amides is 1. The molecule has 6 nitrogen and oxygen atoms in total. The van der Waals surface area contributed by atoms with Crippen molar-refractivity contribution in [1.82, 2.24) is 9.97 Å². The standard InChI is InChI=1S/C12H10ClN3O3/c13-8-1-3-9(4-2-8)16(6-11(17)18)12(19)10-5-14-7-15-10/h1-5,7H,6H2,(H,14,15)(H,17,18). The number of nitrogens with zero attached hydrogens (tertiary/aromatic N) is 2. The highest BCUT2D eigenvalue weighted by Gasteiger charge is 2.21. The number of halogens is 1. The molecule has 1 amide bonds. The zero-order chi connectivity index (χ0) is 13.8. The number of benzene rings is 1. The fourth-order valence-electron chi connectivity index (χ4n) is 1.55. The fourth-order valence-corrected chi connectivity index (χ4v) is 1.68. The van der Waals surface area contributed by atoms with Crippen LogP contribution in [-0.2, 0) is 4.79 Å². The molecule has 0 aliphatic heterocycles. The molecule has 0 radical (unpaired) electrons. The van der Waals surface area contributed by atoms with Crippen LogP contribution in [0.5, 0.6) is 0 Å². The molecular formula is C12H10ClN3O3. The summed E-state index contributed by atoms with van der Waals surface area (Å²) in [5, 5.41) is 9.41. The van der Waals surface area contributed by atoms with Crippen LogP contribution in [0.2, 0.25) is 5.02 Å². The van der Waals surface area contributed by atoms with Crippen molar-refractivity contribution in [3.63, 3.8) is 0 Å². The third kappa shape index (κ3) is 3.11. The van der Waals surface area contributed by atoms with Gasteiger partial charge in [-0.3, -0.25) is 14.5 Å². The smallest absolute Gasteiger partial charge is 0.323 e. The Hall–Kier alpha value is -2.34. The number of hydrogen-bond acceptors (Lipinski definition) is 3. The number of aromatic nitrogens is 2. The molecule has 0 unspecified atom stereocenters. The molecule has 2 aromatic rings. The summed E-state index contributed by atoms with van der Waals surface area (Å²) in [4.78, 5) is 30.6. The van der Waals surface area contributed by atoms with E-state index in [0.717, 1.165) is 4.90 Å². The second kappa shape index (κ2) is 5.53. The minimum Gasteiger partial charge on any atom is -0.480 e. The van der Waals surface area contributed by atoms with Crippen LogP contribution in [0, 0.1) is 0 Å². The first kappa shape index (κ1) is 13.1. The molecule has 1 aromatic heterocycles. The maximum atomic E-state index is 12.2. The van der Waals surface area contributed by atoms with Gasteiger partial charge in [0.15, 0.2) is 0 Å². The van der Waals surface area contributed by atoms with Gasteiger partial charge >= 0.3 is 5.97 Å². The molecule has 0 atom stereocenters. The van der Waals surface area contributed by atoms with E-state index < -0.39 is 18.4 Å². The number of carbonyl (C=O) groups is 2. The molecule has 0 fully saturated rings. The van der Waals surface area contributed by atoms with Gasteiger partial charge in [0.2, 0.25) is 0 Å². The van der Waals surface area contributed by atoms with Gasteiger partial charge in [0.05, 0.1) is 12.5 Å². The van der Waals surface area contributed by atoms with E-state index in [1.807, 2.05) is 0 Å². The van der Waals surface area contributed by atoms with Crippen molar-refractivity contribution in [2.45, 2.75) is 0 Å². The number of H-pyrrole nitrogens is 1. The molecule has 0 saturated heterocycles. The number of aliphatic carboxylic acids is 1. The minimum absolute atomic E-state index is 0.219. The molecule has 0 spiro atoms. The molecule has 2 N–H and O–H groups in total. The molecule has 0 aliphatic carbocycles. The topological polar surface area (TPSA) is 86.3 Å². The first-order valence-electron chi connectivity index (χ1n) is 5.35. The summed E-state index contributed by atoms with van der Waals surface area (Å²) in [6.45, 7) is -0.445. The number of nitrogens with one attached hydrogen (secondary N) is 1. The number of carbonyl (C=O) groups excluding carboxylic acids is 1. The van der Waals surface area contributed by atoms with Crippen LogP contribution < -0.4 is 4.90 Å². The second-order valence-electron chi connectivity index (χ2n) is 3.73. The van der Waals surface area contributed by atoms with Crippen LogP contribution in [0.3, 0.4) is 0 Å². The second-order valence-corrected chi connectivity index (χ2v) is 4.16. The molecule has 1 heterocycles. The molecule has 98 valence electrons. The summed E-state index contributed by atoms with van der Waals surface area (Å²) < 4.78 is 0. The van der Waals surface area contributed by atoms with Gasteiger partial charge in [-0.2, -0.15) is 0 Å². The summed E-state index contributed by atoms with van der Waals surface area (Å²) in [6, 6.07) is 6.34. The van der Waals surface area contributed by atoms with E-state index in [9.17, 15) is 9.59 Å². The largest absolute Gasteiger partial charge is 0.480 e. The summed E-state index contributed by atoms with van der Waals surface area (Å²) in [5.41, 5.74) is 0.669. The van der Waals surface area contributed by atoms with E-state index in [2.05, 4.69) is 9.97 Å². The highest BCUT2D eigenvalue weighted by atomic mass is 35.5. The Labute approximate surface area is 113 Å². The lowest BCUT2D eigenvalue weighted by molar-refractivity contribution is -0.135. The van der Waals surface area contributed by atoms with Crippen molar-refractivity contribution in [3.05, 3.63) is 47.5 Å². The van der Waals surface area contributed by atoms with E-state index >= 15 is 0 Å². The van der Waals surface area contributed by atoms with Gasteiger partial charge in [-0.1, -0.05) is 11.6 Å². The summed E-state index contributed by atoms with van der Waals surface area (Å²) in [5.74, 6) is -1.58. The van der Waals surface area contributed by atoms with E-state index in [4.69, 9.17) is 16.7 Å². The van der Waals surface area contributed by atoms with Crippen LogP contribution in [0.15, 0.2) is 36.8 Å². The van der Waals surface area contributed by atoms with Gasteiger partial charge < -0.3 is 10.1 Å². The number of carboxylic acid groups (broad SMARTS) is 1. The SMILES string of the molecule is O=C(O)CN(C(=O)c1cnc[nH]1)c1ccc(Cl)cc1. The maximum absolute atomic E-state index is 12.2. The minimum atomic E-state index is -1.11. The van der Waals surface area contributed by atoms with E-state index in [-0.39, 0.29) is 5.69 Å². The predicted octanol–water partition coefficient (Wildman–Crippen LogP) is 1.79. The van der Waals surface area contributed by atoms with Crippen molar-refractivity contribution in [1.29, 1.82) is 0 Å². The lowest BCUT2D eigenvalue weighted by atomic mass is 10.2. The van der Waals surface area contributed by atoms with E-state index in [1.54, 1.807) is 24.3 Å². The molecule has 0 saturated carbocycles. The summed E-state index contributed by atoms with van der Waals surface area (Å²) in [6.07, 6.45) is 2.70. The van der Waals surface area contributed by atoms with Gasteiger partial charge in [-0.25, -0.2) is 4.98 Å².